The van der Waals surface area contributed by atoms with Crippen molar-refractivity contribution >= 4 is 23.4 Å². The monoisotopic (exact) mass is 300 g/mol. The van der Waals surface area contributed by atoms with E-state index in [-0.39, 0.29) is 11.9 Å². The molecule has 0 saturated heterocycles. The van der Waals surface area contributed by atoms with E-state index in [0.717, 1.165) is 17.0 Å². The van der Waals surface area contributed by atoms with Crippen LogP contribution in [0.1, 0.15) is 31.9 Å². The van der Waals surface area contributed by atoms with Crippen molar-refractivity contribution in [3.8, 4) is 0 Å². The van der Waals surface area contributed by atoms with Crippen molar-refractivity contribution in [2.24, 2.45) is 5.73 Å². The summed E-state index contributed by atoms with van der Waals surface area (Å²) in [5, 5.41) is 2.76. The maximum absolute atomic E-state index is 11.0. The highest BCUT2D eigenvalue weighted by Crippen LogP contribution is 2.29. The number of amides is 1. The predicted octanol–water partition coefficient (Wildman–Crippen LogP) is 4.21. The highest BCUT2D eigenvalue weighted by Gasteiger charge is 2.04. The normalized spacial score (nSPS) is 12.0. The summed E-state index contributed by atoms with van der Waals surface area (Å²) in [6.45, 7) is 3.59. The number of nitrogens with one attached hydrogen (secondary N) is 1. The summed E-state index contributed by atoms with van der Waals surface area (Å²) in [6.07, 6.45) is 0.942. The zero-order valence-electron chi connectivity index (χ0n) is 12.3. The Balaban J connectivity index is 2.02. The molecule has 1 amide bonds. The van der Waals surface area contributed by atoms with Crippen LogP contribution in [0.15, 0.2) is 58.3 Å². The lowest BCUT2D eigenvalue weighted by Crippen LogP contribution is -2.07. The van der Waals surface area contributed by atoms with Gasteiger partial charge >= 0.3 is 0 Å². The van der Waals surface area contributed by atoms with Gasteiger partial charge in [-0.2, -0.15) is 0 Å². The minimum absolute atomic E-state index is 0.0572. The molecule has 0 aliphatic carbocycles. The fourth-order valence-electron chi connectivity index (χ4n) is 1.96. The zero-order chi connectivity index (χ0) is 15.2. The van der Waals surface area contributed by atoms with Gasteiger partial charge < -0.3 is 11.1 Å². The molecule has 0 radical (unpaired) electrons. The molecule has 0 unspecified atom stereocenters. The molecule has 3 N–H and O–H groups in total. The fourth-order valence-corrected chi connectivity index (χ4v) is 2.78. The van der Waals surface area contributed by atoms with Gasteiger partial charge in [-0.25, -0.2) is 0 Å². The van der Waals surface area contributed by atoms with Crippen LogP contribution >= 0.6 is 11.8 Å². The SMILES string of the molecule is CC[C@H](N)c1ccc(Sc2ccc(NC(C)=O)cc2)cc1. The Morgan fingerprint density at radius 1 is 1.10 bits per heavy atom. The van der Waals surface area contributed by atoms with Crippen LogP contribution in [0.2, 0.25) is 0 Å². The summed E-state index contributed by atoms with van der Waals surface area (Å²) in [5.41, 5.74) is 8.00. The Morgan fingerprint density at radius 2 is 1.62 bits per heavy atom. The van der Waals surface area contributed by atoms with Crippen LogP contribution in [-0.4, -0.2) is 5.91 Å². The van der Waals surface area contributed by atoms with Crippen LogP contribution in [0, 0.1) is 0 Å². The molecular weight excluding hydrogens is 280 g/mol. The molecule has 2 aromatic carbocycles. The molecular formula is C17H20N2OS. The summed E-state index contributed by atoms with van der Waals surface area (Å²) < 4.78 is 0. The Bertz CT molecular complexity index is 593. The number of benzene rings is 2. The summed E-state index contributed by atoms with van der Waals surface area (Å²) in [4.78, 5) is 13.3. The van der Waals surface area contributed by atoms with Crippen LogP contribution in [0.5, 0.6) is 0 Å². The fraction of sp³-hybridized carbons (Fsp3) is 0.235. The Hall–Kier alpha value is -1.78. The Morgan fingerprint density at radius 3 is 2.10 bits per heavy atom. The van der Waals surface area contributed by atoms with Gasteiger partial charge in [0.05, 0.1) is 0 Å². The number of anilines is 1. The average Bonchev–Trinajstić information content (AvgIpc) is 2.49. The molecule has 2 aromatic rings. The largest absolute Gasteiger partial charge is 0.326 e. The van der Waals surface area contributed by atoms with E-state index in [9.17, 15) is 4.79 Å². The first kappa shape index (κ1) is 15.6. The van der Waals surface area contributed by atoms with E-state index in [4.69, 9.17) is 5.73 Å². The lowest BCUT2D eigenvalue weighted by atomic mass is 10.1. The number of hydrogen-bond donors (Lipinski definition) is 2. The van der Waals surface area contributed by atoms with Gasteiger partial charge in [-0.05, 0) is 48.4 Å². The van der Waals surface area contributed by atoms with Gasteiger partial charge in [-0.1, -0.05) is 30.8 Å². The standard InChI is InChI=1S/C17H20N2OS/c1-3-17(18)13-4-8-15(9-5-13)21-16-10-6-14(7-11-16)19-12(2)20/h4-11,17H,3,18H2,1-2H3,(H,19,20)/t17-/m0/s1. The van der Waals surface area contributed by atoms with Gasteiger partial charge in [-0.3, -0.25) is 4.79 Å². The quantitative estimate of drug-likeness (QED) is 0.870. The average molecular weight is 300 g/mol. The van der Waals surface area contributed by atoms with E-state index in [1.54, 1.807) is 11.8 Å². The molecule has 0 spiro atoms. The number of carbonyl (C=O) groups is 1. The summed E-state index contributed by atoms with van der Waals surface area (Å²) in [7, 11) is 0. The third kappa shape index (κ3) is 4.62. The lowest BCUT2D eigenvalue weighted by molar-refractivity contribution is -0.114. The molecule has 1 atom stereocenters. The molecule has 21 heavy (non-hydrogen) atoms. The second kappa shape index (κ2) is 7.29. The molecule has 4 heteroatoms. The number of nitrogens with two attached hydrogens (primary N) is 1. The van der Waals surface area contributed by atoms with Crippen molar-refractivity contribution in [3.63, 3.8) is 0 Å². The van der Waals surface area contributed by atoms with Gasteiger partial charge in [0.1, 0.15) is 0 Å². The minimum Gasteiger partial charge on any atom is -0.326 e. The van der Waals surface area contributed by atoms with Gasteiger partial charge in [-0.15, -0.1) is 0 Å². The predicted molar refractivity (Wildman–Crippen MR) is 88.5 cm³/mol. The second-order valence-electron chi connectivity index (χ2n) is 4.89. The lowest BCUT2D eigenvalue weighted by Gasteiger charge is -2.10. The van der Waals surface area contributed by atoms with Crippen LogP contribution < -0.4 is 11.1 Å². The molecule has 0 saturated carbocycles. The molecule has 0 bridgehead atoms. The molecule has 0 aliphatic rings. The van der Waals surface area contributed by atoms with Crippen molar-refractivity contribution < 1.29 is 4.79 Å². The van der Waals surface area contributed by atoms with E-state index < -0.39 is 0 Å². The summed E-state index contributed by atoms with van der Waals surface area (Å²) in [6, 6.07) is 16.3. The molecule has 0 heterocycles. The molecule has 3 nitrogen and oxygen atoms in total. The van der Waals surface area contributed by atoms with E-state index in [1.807, 2.05) is 24.3 Å². The van der Waals surface area contributed by atoms with Gasteiger partial charge in [0.25, 0.3) is 0 Å². The summed E-state index contributed by atoms with van der Waals surface area (Å²) >= 11 is 1.69. The van der Waals surface area contributed by atoms with Crippen LogP contribution in [-0.2, 0) is 4.79 Å². The van der Waals surface area contributed by atoms with E-state index in [0.29, 0.717) is 0 Å². The third-order valence-corrected chi connectivity index (χ3v) is 4.17. The van der Waals surface area contributed by atoms with Crippen LogP contribution in [0.25, 0.3) is 0 Å². The first-order valence-corrected chi connectivity index (χ1v) is 7.81. The highest BCUT2D eigenvalue weighted by atomic mass is 32.2. The van der Waals surface area contributed by atoms with Gasteiger partial charge in [0.2, 0.25) is 5.91 Å². The molecule has 110 valence electrons. The van der Waals surface area contributed by atoms with Crippen molar-refractivity contribution in [2.45, 2.75) is 36.1 Å². The van der Waals surface area contributed by atoms with Crippen molar-refractivity contribution in [2.75, 3.05) is 5.32 Å². The number of rotatable bonds is 5. The van der Waals surface area contributed by atoms with E-state index in [2.05, 4.69) is 36.5 Å². The smallest absolute Gasteiger partial charge is 0.221 e. The van der Waals surface area contributed by atoms with Crippen molar-refractivity contribution in [1.29, 1.82) is 0 Å². The molecule has 0 aliphatic heterocycles. The summed E-state index contributed by atoms with van der Waals surface area (Å²) in [5.74, 6) is -0.0572. The van der Waals surface area contributed by atoms with Crippen molar-refractivity contribution in [1.82, 2.24) is 0 Å². The highest BCUT2D eigenvalue weighted by molar-refractivity contribution is 7.99. The number of carbonyl (C=O) groups excluding carboxylic acids is 1. The first-order valence-electron chi connectivity index (χ1n) is 6.99. The second-order valence-corrected chi connectivity index (χ2v) is 6.04. The minimum atomic E-state index is -0.0572. The number of hydrogen-bond acceptors (Lipinski definition) is 3. The van der Waals surface area contributed by atoms with Gasteiger partial charge in [0, 0.05) is 28.4 Å². The van der Waals surface area contributed by atoms with E-state index in [1.165, 1.54) is 17.4 Å². The van der Waals surface area contributed by atoms with Crippen molar-refractivity contribution in [3.05, 3.63) is 54.1 Å². The van der Waals surface area contributed by atoms with Gasteiger partial charge in [0.15, 0.2) is 0 Å². The maximum Gasteiger partial charge on any atom is 0.221 e. The Labute approximate surface area is 129 Å². The molecule has 0 fully saturated rings. The first-order chi connectivity index (χ1) is 10.1. The Kier molecular flexibility index (Phi) is 5.42. The topological polar surface area (TPSA) is 55.1 Å². The van der Waals surface area contributed by atoms with Crippen LogP contribution in [0.3, 0.4) is 0 Å². The maximum atomic E-state index is 11.0. The zero-order valence-corrected chi connectivity index (χ0v) is 13.1. The third-order valence-electron chi connectivity index (χ3n) is 3.16. The molecule has 0 aromatic heterocycles. The van der Waals surface area contributed by atoms with Crippen LogP contribution in [0.4, 0.5) is 5.69 Å². The molecule has 2 rings (SSSR count). The van der Waals surface area contributed by atoms with E-state index >= 15 is 0 Å².